The van der Waals surface area contributed by atoms with Crippen LogP contribution in [-0.2, 0) is 4.57 Å². The first-order valence-electron chi connectivity index (χ1n) is 3.70. The molecule has 0 aliphatic rings. The van der Waals surface area contributed by atoms with Crippen LogP contribution in [0.25, 0.3) is 10.2 Å². The summed E-state index contributed by atoms with van der Waals surface area (Å²) in [6, 6.07) is 5.79. The van der Waals surface area contributed by atoms with Crippen LogP contribution in [0, 0.1) is 4.96 Å². The van der Waals surface area contributed by atoms with E-state index in [0.29, 0.717) is 5.13 Å². The molecule has 0 saturated carbocycles. The Balaban J connectivity index is 2.61. The van der Waals surface area contributed by atoms with Crippen molar-refractivity contribution in [2.24, 2.45) is 0 Å². The summed E-state index contributed by atoms with van der Waals surface area (Å²) >= 11 is 2.72. The van der Waals surface area contributed by atoms with Gasteiger partial charge in [0.1, 0.15) is 0 Å². The van der Waals surface area contributed by atoms with Crippen molar-refractivity contribution in [1.29, 1.82) is 0 Å². The second-order valence-electron chi connectivity index (χ2n) is 2.44. The molecule has 14 heavy (non-hydrogen) atoms. The Bertz CT molecular complexity index is 575. The number of nitrogens with zero attached hydrogens (tertiary/aromatic N) is 1. The summed E-state index contributed by atoms with van der Waals surface area (Å²) in [7, 11) is -0.106. The molecule has 6 heteroatoms. The number of para-hydroxylation sites is 1. The van der Waals surface area contributed by atoms with E-state index in [2.05, 4.69) is 9.94 Å². The molecule has 0 aliphatic carbocycles. The summed E-state index contributed by atoms with van der Waals surface area (Å²) in [6.45, 7) is 0. The van der Waals surface area contributed by atoms with Gasteiger partial charge in [0.05, 0.1) is 0 Å². The molecule has 0 radical (unpaired) electrons. The molecule has 1 aromatic heterocycles. The van der Waals surface area contributed by atoms with Crippen LogP contribution < -0.4 is 5.73 Å². The van der Waals surface area contributed by atoms with Crippen LogP contribution >= 0.6 is 31.0 Å². The van der Waals surface area contributed by atoms with Crippen LogP contribution in [0.5, 0.6) is 0 Å². The monoisotopic (exact) mass is 240 g/mol. The van der Waals surface area contributed by atoms with E-state index < -0.39 is 0 Å². The number of thiazole rings is 1. The Morgan fingerprint density at radius 3 is 3.21 bits per heavy atom. The molecule has 2 rings (SSSR count). The molecule has 2 aromatic rings. The molecule has 0 aliphatic heterocycles. The number of rotatable bonds is 1. The molecule has 0 saturated heterocycles. The van der Waals surface area contributed by atoms with E-state index in [-0.39, 0.29) is 7.92 Å². The van der Waals surface area contributed by atoms with Crippen LogP contribution in [-0.4, -0.2) is 4.98 Å². The number of nitrogens with two attached hydrogens (primary N) is 1. The van der Waals surface area contributed by atoms with Gasteiger partial charge >= 0.3 is 89.7 Å². The minimum absolute atomic E-state index is 0.106. The SMILES string of the molecule is Nc1nc2c(SC#P=O)cccc2s1. The van der Waals surface area contributed by atoms with E-state index in [1.165, 1.54) is 23.1 Å². The van der Waals surface area contributed by atoms with Gasteiger partial charge in [-0.1, -0.05) is 0 Å². The topological polar surface area (TPSA) is 56.0 Å². The zero-order chi connectivity index (χ0) is 9.97. The number of anilines is 1. The molecule has 1 heterocycles. The van der Waals surface area contributed by atoms with Crippen LogP contribution in [0.4, 0.5) is 5.13 Å². The number of thioether (sulfide) groups is 1. The van der Waals surface area contributed by atoms with Crippen molar-refractivity contribution in [2.45, 2.75) is 4.90 Å². The number of benzene rings is 1. The summed E-state index contributed by atoms with van der Waals surface area (Å²) in [5.41, 5.74) is 6.46. The number of hydrogen-bond donors (Lipinski definition) is 1. The van der Waals surface area contributed by atoms with Crippen LogP contribution in [0.1, 0.15) is 0 Å². The fraction of sp³-hybridized carbons (Fsp3) is 0. The van der Waals surface area contributed by atoms with E-state index in [9.17, 15) is 4.57 Å². The van der Waals surface area contributed by atoms with Crippen molar-refractivity contribution in [3.8, 4) is 4.96 Å². The molecule has 0 amide bonds. The standard InChI is InChI=1S/C8H5N2OPS2/c9-8-10-7-5(13-4-12-11)2-1-3-6(7)14-8/h1-3H,(H2,9,10). The average Bonchev–Trinajstić information content (AvgIpc) is 2.55. The van der Waals surface area contributed by atoms with Crippen LogP contribution in [0.15, 0.2) is 23.1 Å². The maximum absolute atomic E-state index is 10.2. The van der Waals surface area contributed by atoms with E-state index in [4.69, 9.17) is 5.73 Å². The zero-order valence-electron chi connectivity index (χ0n) is 6.93. The first kappa shape index (κ1) is 9.81. The Kier molecular flexibility index (Phi) is 2.94. The summed E-state index contributed by atoms with van der Waals surface area (Å²) in [5, 5.41) is 0.549. The Hall–Kier alpha value is -0.730. The minimum atomic E-state index is -0.106. The van der Waals surface area contributed by atoms with Crippen molar-refractivity contribution in [1.82, 2.24) is 4.98 Å². The molecule has 0 bridgehead atoms. The molecule has 1 aromatic carbocycles. The van der Waals surface area contributed by atoms with Crippen molar-refractivity contribution in [2.75, 3.05) is 5.73 Å². The summed E-state index contributed by atoms with van der Waals surface area (Å²) < 4.78 is 11.3. The molecule has 0 atom stereocenters. The number of aromatic nitrogens is 1. The zero-order valence-corrected chi connectivity index (χ0v) is 9.46. The fourth-order valence-electron chi connectivity index (χ4n) is 1.09. The van der Waals surface area contributed by atoms with E-state index in [0.717, 1.165) is 15.1 Å². The van der Waals surface area contributed by atoms with Crippen molar-refractivity contribution in [3.63, 3.8) is 0 Å². The second-order valence-corrected chi connectivity index (χ2v) is 5.06. The molecule has 0 spiro atoms. The average molecular weight is 240 g/mol. The van der Waals surface area contributed by atoms with E-state index in [1.807, 2.05) is 18.2 Å². The molecular weight excluding hydrogens is 235 g/mol. The molecule has 3 nitrogen and oxygen atoms in total. The third-order valence-electron chi connectivity index (χ3n) is 1.59. The van der Waals surface area contributed by atoms with Gasteiger partial charge in [-0.15, -0.1) is 0 Å². The fourth-order valence-corrected chi connectivity index (χ4v) is 2.86. The normalized spacial score (nSPS) is 10.0. The van der Waals surface area contributed by atoms with Crippen LogP contribution in [0.3, 0.4) is 0 Å². The quantitative estimate of drug-likeness (QED) is 0.614. The van der Waals surface area contributed by atoms with Crippen molar-refractivity contribution in [3.05, 3.63) is 18.2 Å². The number of hydrogen-bond acceptors (Lipinski definition) is 5. The molecule has 70 valence electrons. The molecular formula is C8H5N2OPS2. The number of fused-ring (bicyclic) bond motifs is 1. The van der Waals surface area contributed by atoms with Crippen molar-refractivity contribution < 1.29 is 4.57 Å². The van der Waals surface area contributed by atoms with E-state index in [1.54, 1.807) is 0 Å². The molecule has 0 unspecified atom stereocenters. The van der Waals surface area contributed by atoms with Gasteiger partial charge in [0.25, 0.3) is 0 Å². The van der Waals surface area contributed by atoms with Crippen molar-refractivity contribution >= 4 is 46.4 Å². The van der Waals surface area contributed by atoms with Gasteiger partial charge in [-0.3, -0.25) is 0 Å². The summed E-state index contributed by atoms with van der Waals surface area (Å²) in [6.07, 6.45) is 0. The summed E-state index contributed by atoms with van der Waals surface area (Å²) in [4.78, 5) is 7.75. The van der Waals surface area contributed by atoms with Gasteiger partial charge in [-0.05, 0) is 0 Å². The first-order valence-corrected chi connectivity index (χ1v) is 6.15. The van der Waals surface area contributed by atoms with Gasteiger partial charge < -0.3 is 0 Å². The number of nitrogen functional groups attached to an aromatic ring is 1. The van der Waals surface area contributed by atoms with Gasteiger partial charge in [-0.2, -0.15) is 0 Å². The third kappa shape index (κ3) is 1.86. The Morgan fingerprint density at radius 1 is 1.57 bits per heavy atom. The Labute approximate surface area is 89.8 Å². The second kappa shape index (κ2) is 4.20. The van der Waals surface area contributed by atoms with Gasteiger partial charge in [-0.25, -0.2) is 0 Å². The Morgan fingerprint density at radius 2 is 2.43 bits per heavy atom. The summed E-state index contributed by atoms with van der Waals surface area (Å²) in [5.74, 6) is 0. The third-order valence-corrected chi connectivity index (χ3v) is 3.65. The molecule has 0 fully saturated rings. The molecule has 2 N–H and O–H groups in total. The first-order chi connectivity index (χ1) is 6.81. The van der Waals surface area contributed by atoms with Gasteiger partial charge in [0.2, 0.25) is 0 Å². The van der Waals surface area contributed by atoms with Gasteiger partial charge in [0, 0.05) is 0 Å². The van der Waals surface area contributed by atoms with E-state index >= 15 is 0 Å². The predicted molar refractivity (Wildman–Crippen MR) is 61.4 cm³/mol. The van der Waals surface area contributed by atoms with Gasteiger partial charge in [0.15, 0.2) is 0 Å². The maximum atomic E-state index is 10.2. The van der Waals surface area contributed by atoms with Crippen LogP contribution in [0.2, 0.25) is 0 Å². The predicted octanol–water partition coefficient (Wildman–Crippen LogP) is 3.18.